The van der Waals surface area contributed by atoms with Gasteiger partial charge in [0.2, 0.25) is 0 Å². The lowest BCUT2D eigenvalue weighted by atomic mass is 10.2. The van der Waals surface area contributed by atoms with Crippen molar-refractivity contribution < 1.29 is 13.9 Å². The summed E-state index contributed by atoms with van der Waals surface area (Å²) in [4.78, 5) is 16.7. The average molecular weight is 402 g/mol. The maximum atomic E-state index is 13.2. The van der Waals surface area contributed by atoms with E-state index in [1.807, 2.05) is 13.8 Å². The molecular formula is C16H17ClFN3O2S2. The van der Waals surface area contributed by atoms with Crippen LogP contribution >= 0.6 is 35.2 Å². The molecule has 0 unspecified atom stereocenters. The molecule has 0 spiro atoms. The van der Waals surface area contributed by atoms with Crippen molar-refractivity contribution in [2.75, 3.05) is 17.2 Å². The van der Waals surface area contributed by atoms with E-state index in [0.717, 1.165) is 11.3 Å². The molecule has 1 aromatic carbocycles. The fourth-order valence-electron chi connectivity index (χ4n) is 1.78. The van der Waals surface area contributed by atoms with Crippen molar-refractivity contribution in [1.82, 2.24) is 4.98 Å². The number of ether oxygens (including phenoxy) is 1. The first-order valence-electron chi connectivity index (χ1n) is 7.44. The van der Waals surface area contributed by atoms with E-state index in [1.54, 1.807) is 6.92 Å². The van der Waals surface area contributed by atoms with E-state index in [2.05, 4.69) is 15.6 Å². The Kier molecular flexibility index (Phi) is 6.69. The number of carbonyl (C=O) groups is 1. The van der Waals surface area contributed by atoms with Gasteiger partial charge in [-0.05, 0) is 43.3 Å². The van der Waals surface area contributed by atoms with Gasteiger partial charge in [-0.25, -0.2) is 14.2 Å². The summed E-state index contributed by atoms with van der Waals surface area (Å²) >= 11 is 12.1. The Morgan fingerprint density at radius 1 is 1.44 bits per heavy atom. The minimum absolute atomic E-state index is 0.00641. The Labute approximate surface area is 159 Å². The number of thiazole rings is 1. The zero-order chi connectivity index (χ0) is 18.6. The van der Waals surface area contributed by atoms with E-state index in [0.29, 0.717) is 28.0 Å². The van der Waals surface area contributed by atoms with Crippen LogP contribution < -0.4 is 10.6 Å². The van der Waals surface area contributed by atoms with Crippen LogP contribution in [0.1, 0.15) is 29.2 Å². The molecule has 0 saturated heterocycles. The van der Waals surface area contributed by atoms with Gasteiger partial charge in [-0.15, -0.1) is 0 Å². The molecule has 0 aliphatic carbocycles. The van der Waals surface area contributed by atoms with Crippen LogP contribution in [0.2, 0.25) is 5.02 Å². The Hall–Kier alpha value is -1.77. The summed E-state index contributed by atoms with van der Waals surface area (Å²) < 4.78 is 18.4. The lowest BCUT2D eigenvalue weighted by Crippen LogP contribution is -2.18. The first kappa shape index (κ1) is 19.6. The number of thiocarbonyl (C=S) groups is 1. The number of esters is 1. The second-order valence-electron chi connectivity index (χ2n) is 5.63. The predicted octanol–water partition coefficient (Wildman–Crippen LogP) is 4.87. The number of aryl methyl sites for hydroxylation is 1. The highest BCUT2D eigenvalue weighted by atomic mass is 35.5. The van der Waals surface area contributed by atoms with Gasteiger partial charge in [-0.3, -0.25) is 0 Å². The van der Waals surface area contributed by atoms with Crippen LogP contribution in [0.5, 0.6) is 0 Å². The Balaban J connectivity index is 2.00. The minimum Gasteiger partial charge on any atom is -0.461 e. The fourth-order valence-corrected chi connectivity index (χ4v) is 3.10. The number of rotatable bonds is 5. The molecule has 1 aromatic heterocycles. The molecule has 0 aliphatic rings. The molecule has 1 heterocycles. The number of nitrogens with one attached hydrogen (secondary N) is 2. The molecule has 0 amide bonds. The molecular weight excluding hydrogens is 385 g/mol. The lowest BCUT2D eigenvalue weighted by molar-refractivity contribution is 0.0463. The van der Waals surface area contributed by atoms with Crippen molar-refractivity contribution in [1.29, 1.82) is 0 Å². The van der Waals surface area contributed by atoms with Gasteiger partial charge in [0.05, 0.1) is 17.3 Å². The van der Waals surface area contributed by atoms with E-state index < -0.39 is 11.8 Å². The first-order chi connectivity index (χ1) is 11.8. The lowest BCUT2D eigenvalue weighted by Gasteiger charge is -2.08. The standard InChI is InChI=1S/C16H17ClFN3O2S2/c1-8(2)7-23-14(22)13-9(3)19-16(25-13)21-15(24)20-10-4-5-12(18)11(17)6-10/h4-6,8H,7H2,1-3H3,(H2,19,20,21,24). The molecule has 5 nitrogen and oxygen atoms in total. The van der Waals surface area contributed by atoms with Crippen LogP contribution in [-0.2, 0) is 4.74 Å². The normalized spacial score (nSPS) is 10.6. The Morgan fingerprint density at radius 3 is 2.80 bits per heavy atom. The van der Waals surface area contributed by atoms with E-state index in [-0.39, 0.29) is 16.1 Å². The molecule has 25 heavy (non-hydrogen) atoms. The van der Waals surface area contributed by atoms with Gasteiger partial charge in [-0.2, -0.15) is 0 Å². The topological polar surface area (TPSA) is 63.2 Å². The number of anilines is 2. The minimum atomic E-state index is -0.508. The van der Waals surface area contributed by atoms with E-state index >= 15 is 0 Å². The number of nitrogens with zero attached hydrogens (tertiary/aromatic N) is 1. The molecule has 2 rings (SSSR count). The van der Waals surface area contributed by atoms with Gasteiger partial charge in [0.25, 0.3) is 0 Å². The van der Waals surface area contributed by atoms with Crippen molar-refractivity contribution in [2.24, 2.45) is 5.92 Å². The maximum absolute atomic E-state index is 13.2. The smallest absolute Gasteiger partial charge is 0.350 e. The second kappa shape index (κ2) is 8.55. The summed E-state index contributed by atoms with van der Waals surface area (Å²) in [7, 11) is 0. The van der Waals surface area contributed by atoms with Crippen molar-refractivity contribution in [2.45, 2.75) is 20.8 Å². The molecule has 0 saturated carbocycles. The van der Waals surface area contributed by atoms with Gasteiger partial charge < -0.3 is 15.4 Å². The number of carbonyl (C=O) groups excluding carboxylic acids is 1. The number of hydrogen-bond acceptors (Lipinski definition) is 5. The van der Waals surface area contributed by atoms with Crippen molar-refractivity contribution in [3.8, 4) is 0 Å². The summed E-state index contributed by atoms with van der Waals surface area (Å²) in [5, 5.41) is 6.47. The van der Waals surface area contributed by atoms with Crippen LogP contribution in [-0.4, -0.2) is 22.7 Å². The zero-order valence-corrected chi connectivity index (χ0v) is 16.2. The number of halogens is 2. The number of aromatic nitrogens is 1. The van der Waals surface area contributed by atoms with E-state index in [4.69, 9.17) is 28.6 Å². The molecule has 0 radical (unpaired) electrons. The summed E-state index contributed by atoms with van der Waals surface area (Å²) in [5.41, 5.74) is 1.10. The summed E-state index contributed by atoms with van der Waals surface area (Å²) in [6.45, 7) is 6.01. The highest BCUT2D eigenvalue weighted by Gasteiger charge is 2.17. The van der Waals surface area contributed by atoms with Crippen LogP contribution in [0, 0.1) is 18.7 Å². The maximum Gasteiger partial charge on any atom is 0.350 e. The van der Waals surface area contributed by atoms with Crippen molar-refractivity contribution in [3.63, 3.8) is 0 Å². The van der Waals surface area contributed by atoms with Gasteiger partial charge >= 0.3 is 5.97 Å². The molecule has 134 valence electrons. The van der Waals surface area contributed by atoms with Crippen LogP contribution in [0.15, 0.2) is 18.2 Å². The summed E-state index contributed by atoms with van der Waals surface area (Å²) in [6.07, 6.45) is 0. The largest absolute Gasteiger partial charge is 0.461 e. The van der Waals surface area contributed by atoms with E-state index in [9.17, 15) is 9.18 Å². The fraction of sp³-hybridized carbons (Fsp3) is 0.312. The summed E-state index contributed by atoms with van der Waals surface area (Å²) in [5.74, 6) is -0.652. The van der Waals surface area contributed by atoms with E-state index in [1.165, 1.54) is 18.2 Å². The molecule has 0 fully saturated rings. The molecule has 2 N–H and O–H groups in total. The Bertz CT molecular complexity index is 796. The van der Waals surface area contributed by atoms with Crippen LogP contribution in [0.4, 0.5) is 15.2 Å². The molecule has 0 aliphatic heterocycles. The van der Waals surface area contributed by atoms with Crippen molar-refractivity contribution in [3.05, 3.63) is 39.6 Å². The van der Waals surface area contributed by atoms with Gasteiger partial charge in [0.1, 0.15) is 10.7 Å². The number of benzene rings is 1. The highest BCUT2D eigenvalue weighted by Crippen LogP contribution is 2.24. The third-order valence-corrected chi connectivity index (χ3v) is 4.47. The van der Waals surface area contributed by atoms with Gasteiger partial charge in [-0.1, -0.05) is 36.8 Å². The third kappa shape index (κ3) is 5.62. The molecule has 2 aromatic rings. The molecule has 9 heteroatoms. The van der Waals surface area contributed by atoms with Crippen LogP contribution in [0.3, 0.4) is 0 Å². The monoisotopic (exact) mass is 401 g/mol. The number of hydrogen-bond donors (Lipinski definition) is 2. The third-order valence-electron chi connectivity index (χ3n) is 2.93. The SMILES string of the molecule is Cc1nc(NC(=S)Nc2ccc(F)c(Cl)c2)sc1C(=O)OCC(C)C. The van der Waals surface area contributed by atoms with Crippen LogP contribution in [0.25, 0.3) is 0 Å². The summed E-state index contributed by atoms with van der Waals surface area (Å²) in [6, 6.07) is 4.17. The quantitative estimate of drug-likeness (QED) is 0.550. The molecule has 0 bridgehead atoms. The van der Waals surface area contributed by atoms with Gasteiger partial charge in [0, 0.05) is 5.69 Å². The Morgan fingerprint density at radius 2 is 2.16 bits per heavy atom. The molecule has 0 atom stereocenters. The highest BCUT2D eigenvalue weighted by molar-refractivity contribution is 7.80. The first-order valence-corrected chi connectivity index (χ1v) is 9.04. The second-order valence-corrected chi connectivity index (χ2v) is 7.45. The van der Waals surface area contributed by atoms with Crippen molar-refractivity contribution >= 4 is 57.1 Å². The zero-order valence-electron chi connectivity index (χ0n) is 13.9. The average Bonchev–Trinajstić information content (AvgIpc) is 2.89. The predicted molar refractivity (Wildman–Crippen MR) is 103 cm³/mol. The van der Waals surface area contributed by atoms with Gasteiger partial charge in [0.15, 0.2) is 10.2 Å².